The number of pyridine rings is 1. The van der Waals surface area contributed by atoms with Gasteiger partial charge in [0.1, 0.15) is 18.1 Å². The lowest BCUT2D eigenvalue weighted by Crippen LogP contribution is -2.20. The minimum absolute atomic E-state index is 0.0825. The number of benzene rings is 3. The molecule has 29 heavy (non-hydrogen) atoms. The van der Waals surface area contributed by atoms with Crippen LogP contribution in [0, 0.1) is 0 Å². The second kappa shape index (κ2) is 8.89. The highest BCUT2D eigenvalue weighted by Gasteiger charge is 2.07. The minimum Gasteiger partial charge on any atom is -0.489 e. The maximum absolute atomic E-state index is 12.3. The summed E-state index contributed by atoms with van der Waals surface area (Å²) in [5.41, 5.74) is 2.65. The molecule has 144 valence electrons. The van der Waals surface area contributed by atoms with Gasteiger partial charge in [0.25, 0.3) is 5.91 Å². The summed E-state index contributed by atoms with van der Waals surface area (Å²) in [6.07, 6.45) is 1.73. The molecule has 0 aliphatic carbocycles. The van der Waals surface area contributed by atoms with Crippen molar-refractivity contribution in [2.75, 3.05) is 11.9 Å². The molecule has 5 heteroatoms. The van der Waals surface area contributed by atoms with Gasteiger partial charge in [-0.05, 0) is 54.1 Å². The summed E-state index contributed by atoms with van der Waals surface area (Å²) in [7, 11) is 0. The Labute approximate surface area is 168 Å². The van der Waals surface area contributed by atoms with Crippen LogP contribution in [0.2, 0.25) is 0 Å². The van der Waals surface area contributed by atoms with E-state index in [0.717, 1.165) is 22.2 Å². The Morgan fingerprint density at radius 2 is 1.55 bits per heavy atom. The zero-order valence-electron chi connectivity index (χ0n) is 15.7. The number of amides is 1. The van der Waals surface area contributed by atoms with Gasteiger partial charge in [-0.2, -0.15) is 0 Å². The molecule has 0 radical (unpaired) electrons. The third kappa shape index (κ3) is 4.90. The van der Waals surface area contributed by atoms with Crippen molar-refractivity contribution < 1.29 is 14.3 Å². The molecule has 1 aromatic heterocycles. The molecule has 0 fully saturated rings. The summed E-state index contributed by atoms with van der Waals surface area (Å²) in [4.78, 5) is 16.6. The molecule has 5 nitrogen and oxygen atoms in total. The Morgan fingerprint density at radius 1 is 0.793 bits per heavy atom. The Morgan fingerprint density at radius 3 is 2.34 bits per heavy atom. The summed E-state index contributed by atoms with van der Waals surface area (Å²) in [5.74, 6) is 1.12. The van der Waals surface area contributed by atoms with Gasteiger partial charge in [0, 0.05) is 11.6 Å². The standard InChI is InChI=1S/C24H20N2O3/c27-24(26-23-10-4-9-22-21(23)8-5-15-25-22)17-29-20-13-11-19(12-14-20)28-16-18-6-2-1-3-7-18/h1-15H,16-17H2,(H,26,27). The molecule has 0 aliphatic heterocycles. The van der Waals surface area contributed by atoms with E-state index in [0.29, 0.717) is 18.0 Å². The van der Waals surface area contributed by atoms with Crippen LogP contribution in [0.5, 0.6) is 11.5 Å². The highest BCUT2D eigenvalue weighted by Crippen LogP contribution is 2.22. The fraction of sp³-hybridized carbons (Fsp3) is 0.0833. The van der Waals surface area contributed by atoms with E-state index < -0.39 is 0 Å². The molecule has 0 unspecified atom stereocenters. The van der Waals surface area contributed by atoms with Gasteiger partial charge < -0.3 is 14.8 Å². The van der Waals surface area contributed by atoms with E-state index in [2.05, 4.69) is 10.3 Å². The van der Waals surface area contributed by atoms with Crippen molar-refractivity contribution in [2.45, 2.75) is 6.61 Å². The molecule has 0 spiro atoms. The summed E-state index contributed by atoms with van der Waals surface area (Å²) < 4.78 is 11.3. The predicted molar refractivity (Wildman–Crippen MR) is 113 cm³/mol. The van der Waals surface area contributed by atoms with Crippen LogP contribution in [0.15, 0.2) is 91.1 Å². The number of carbonyl (C=O) groups excluding carboxylic acids is 1. The smallest absolute Gasteiger partial charge is 0.262 e. The highest BCUT2D eigenvalue weighted by molar-refractivity contribution is 6.01. The van der Waals surface area contributed by atoms with Crippen LogP contribution < -0.4 is 14.8 Å². The number of carbonyl (C=O) groups is 1. The average Bonchev–Trinajstić information content (AvgIpc) is 2.78. The summed E-state index contributed by atoms with van der Waals surface area (Å²) >= 11 is 0. The maximum atomic E-state index is 12.3. The van der Waals surface area contributed by atoms with Crippen LogP contribution in [0.1, 0.15) is 5.56 Å². The number of fused-ring (bicyclic) bond motifs is 1. The Kier molecular flexibility index (Phi) is 5.67. The molecule has 0 bridgehead atoms. The van der Waals surface area contributed by atoms with Gasteiger partial charge in [-0.3, -0.25) is 9.78 Å². The Balaban J connectivity index is 1.30. The van der Waals surface area contributed by atoms with Gasteiger partial charge in [0.05, 0.1) is 11.2 Å². The van der Waals surface area contributed by atoms with Crippen LogP contribution >= 0.6 is 0 Å². The van der Waals surface area contributed by atoms with Crippen LogP contribution in [0.4, 0.5) is 5.69 Å². The van der Waals surface area contributed by atoms with E-state index >= 15 is 0 Å². The number of hydrogen-bond donors (Lipinski definition) is 1. The zero-order chi connectivity index (χ0) is 19.9. The maximum Gasteiger partial charge on any atom is 0.262 e. The number of hydrogen-bond acceptors (Lipinski definition) is 4. The Bertz CT molecular complexity index is 1090. The minimum atomic E-state index is -0.231. The monoisotopic (exact) mass is 384 g/mol. The third-order valence-electron chi connectivity index (χ3n) is 4.36. The average molecular weight is 384 g/mol. The van der Waals surface area contributed by atoms with Crippen LogP contribution in [0.3, 0.4) is 0 Å². The van der Waals surface area contributed by atoms with Crippen LogP contribution in [-0.2, 0) is 11.4 Å². The van der Waals surface area contributed by atoms with Gasteiger partial charge in [0.2, 0.25) is 0 Å². The van der Waals surface area contributed by atoms with Crippen molar-refractivity contribution in [3.8, 4) is 11.5 Å². The summed E-state index contributed by atoms with van der Waals surface area (Å²) in [6, 6.07) is 26.6. The van der Waals surface area contributed by atoms with Gasteiger partial charge in [-0.25, -0.2) is 0 Å². The number of rotatable bonds is 7. The lowest BCUT2D eigenvalue weighted by molar-refractivity contribution is -0.118. The normalized spacial score (nSPS) is 10.5. The van der Waals surface area contributed by atoms with Gasteiger partial charge in [-0.15, -0.1) is 0 Å². The molecular formula is C24H20N2O3. The van der Waals surface area contributed by atoms with Crippen molar-refractivity contribution in [3.05, 3.63) is 96.7 Å². The third-order valence-corrected chi connectivity index (χ3v) is 4.36. The van der Waals surface area contributed by atoms with Crippen LogP contribution in [0.25, 0.3) is 10.9 Å². The zero-order valence-corrected chi connectivity index (χ0v) is 15.7. The van der Waals surface area contributed by atoms with Crippen molar-refractivity contribution in [1.82, 2.24) is 4.98 Å². The van der Waals surface area contributed by atoms with Gasteiger partial charge >= 0.3 is 0 Å². The Hall–Kier alpha value is -3.86. The van der Waals surface area contributed by atoms with Crippen LogP contribution in [-0.4, -0.2) is 17.5 Å². The molecule has 0 saturated heterocycles. The number of aromatic nitrogens is 1. The first-order valence-corrected chi connectivity index (χ1v) is 9.31. The second-order valence-corrected chi connectivity index (χ2v) is 6.46. The van der Waals surface area contributed by atoms with E-state index in [1.807, 2.05) is 72.8 Å². The van der Waals surface area contributed by atoms with Crippen molar-refractivity contribution in [1.29, 1.82) is 0 Å². The van der Waals surface area contributed by atoms with E-state index in [4.69, 9.17) is 9.47 Å². The molecule has 1 N–H and O–H groups in total. The topological polar surface area (TPSA) is 60.5 Å². The SMILES string of the molecule is O=C(COc1ccc(OCc2ccccc2)cc1)Nc1cccc2ncccc12. The quantitative estimate of drug-likeness (QED) is 0.496. The largest absolute Gasteiger partial charge is 0.489 e. The van der Waals surface area contributed by atoms with Crippen molar-refractivity contribution in [3.63, 3.8) is 0 Å². The molecule has 4 rings (SSSR count). The number of ether oxygens (including phenoxy) is 2. The molecular weight excluding hydrogens is 364 g/mol. The van der Waals surface area contributed by atoms with E-state index in [-0.39, 0.29) is 12.5 Å². The molecule has 1 amide bonds. The molecule has 1 heterocycles. The van der Waals surface area contributed by atoms with Crippen molar-refractivity contribution >= 4 is 22.5 Å². The first-order chi connectivity index (χ1) is 14.3. The number of nitrogens with one attached hydrogen (secondary N) is 1. The predicted octanol–water partition coefficient (Wildman–Crippen LogP) is 4.83. The second-order valence-electron chi connectivity index (χ2n) is 6.46. The number of anilines is 1. The van der Waals surface area contributed by atoms with E-state index in [1.54, 1.807) is 18.3 Å². The summed E-state index contributed by atoms with van der Waals surface area (Å²) in [5, 5.41) is 3.77. The molecule has 0 aliphatic rings. The van der Waals surface area contributed by atoms with E-state index in [9.17, 15) is 4.79 Å². The fourth-order valence-electron chi connectivity index (χ4n) is 2.92. The summed E-state index contributed by atoms with van der Waals surface area (Å²) in [6.45, 7) is 0.421. The number of nitrogens with zero attached hydrogens (tertiary/aromatic N) is 1. The van der Waals surface area contributed by atoms with Gasteiger partial charge in [-0.1, -0.05) is 36.4 Å². The highest BCUT2D eigenvalue weighted by atomic mass is 16.5. The first-order valence-electron chi connectivity index (χ1n) is 9.31. The lowest BCUT2D eigenvalue weighted by Gasteiger charge is -2.10. The van der Waals surface area contributed by atoms with Gasteiger partial charge in [0.15, 0.2) is 6.61 Å². The molecule has 0 saturated carbocycles. The lowest BCUT2D eigenvalue weighted by atomic mass is 10.2. The molecule has 3 aromatic carbocycles. The first kappa shape index (κ1) is 18.5. The fourth-order valence-corrected chi connectivity index (χ4v) is 2.92. The van der Waals surface area contributed by atoms with Crippen molar-refractivity contribution in [2.24, 2.45) is 0 Å². The molecule has 4 aromatic rings. The molecule has 0 atom stereocenters. The van der Waals surface area contributed by atoms with E-state index in [1.165, 1.54) is 0 Å².